The first-order valence-electron chi connectivity index (χ1n) is 12.8. The molecule has 2 aliphatic rings. The molecule has 2 aliphatic heterocycles. The molecular formula is C32H30N2O3. The lowest BCUT2D eigenvalue weighted by atomic mass is 9.76. The molecule has 4 aromatic rings. The molecule has 0 amide bonds. The second-order valence-corrected chi connectivity index (χ2v) is 10.1. The van der Waals surface area contributed by atoms with Gasteiger partial charge < -0.3 is 20.1 Å². The van der Waals surface area contributed by atoms with Gasteiger partial charge in [-0.1, -0.05) is 68.4 Å². The lowest BCUT2D eigenvalue weighted by Crippen LogP contribution is -2.33. The molecule has 4 aromatic carbocycles. The molecule has 1 spiro atoms. The van der Waals surface area contributed by atoms with Crippen molar-refractivity contribution in [2.45, 2.75) is 32.8 Å². The molecule has 0 aromatic heterocycles. The Balaban J connectivity index is 1.65. The molecule has 2 heterocycles. The third-order valence-electron chi connectivity index (χ3n) is 7.16. The van der Waals surface area contributed by atoms with Gasteiger partial charge in [-0.25, -0.2) is 4.79 Å². The first kappa shape index (κ1) is 23.2. The third-order valence-corrected chi connectivity index (χ3v) is 7.16. The van der Waals surface area contributed by atoms with Crippen molar-refractivity contribution in [2.75, 3.05) is 17.2 Å². The number of hydrogen-bond acceptors (Lipinski definition) is 5. The molecule has 0 saturated carbocycles. The van der Waals surface area contributed by atoms with Crippen molar-refractivity contribution < 1.29 is 14.3 Å². The van der Waals surface area contributed by atoms with Crippen molar-refractivity contribution in [1.29, 1.82) is 0 Å². The average Bonchev–Trinajstić information content (AvgIpc) is 3.20. The van der Waals surface area contributed by atoms with Gasteiger partial charge in [0.1, 0.15) is 11.5 Å². The standard InChI is InChI=1S/C32H30N2O3/c1-20(2)17-18-33-25-19-21(3)30(34-22-11-5-4-6-12-22)29-28(25)31(35)37-32(29)23-13-7-9-15-26(23)36-27-16-10-8-14-24(27)32/h4-16,19-20,33-34H,17-18H2,1-3H3. The number of carbonyl (C=O) groups is 1. The van der Waals surface area contributed by atoms with Crippen LogP contribution in [0.4, 0.5) is 17.1 Å². The zero-order valence-electron chi connectivity index (χ0n) is 21.3. The van der Waals surface area contributed by atoms with Crippen molar-refractivity contribution in [3.63, 3.8) is 0 Å². The number of carbonyl (C=O) groups excluding carboxylic acids is 1. The monoisotopic (exact) mass is 490 g/mol. The molecule has 37 heavy (non-hydrogen) atoms. The Hall–Kier alpha value is -4.25. The maximum atomic E-state index is 13.9. The van der Waals surface area contributed by atoms with Crippen LogP contribution < -0.4 is 15.4 Å². The number of rotatable bonds is 6. The minimum absolute atomic E-state index is 0.343. The summed E-state index contributed by atoms with van der Waals surface area (Å²) in [5, 5.41) is 7.18. The van der Waals surface area contributed by atoms with Gasteiger partial charge in [-0.05, 0) is 55.2 Å². The Morgan fingerprint density at radius 2 is 1.49 bits per heavy atom. The van der Waals surface area contributed by atoms with Gasteiger partial charge in [0.05, 0.1) is 11.3 Å². The fourth-order valence-corrected chi connectivity index (χ4v) is 5.42. The number of esters is 1. The molecule has 0 atom stereocenters. The van der Waals surface area contributed by atoms with Crippen LogP contribution in [-0.2, 0) is 10.3 Å². The van der Waals surface area contributed by atoms with Gasteiger partial charge in [0.15, 0.2) is 5.60 Å². The van der Waals surface area contributed by atoms with Crippen LogP contribution in [-0.4, -0.2) is 12.5 Å². The molecule has 2 N–H and O–H groups in total. The number of para-hydroxylation sites is 3. The normalized spacial score (nSPS) is 14.4. The van der Waals surface area contributed by atoms with Crippen LogP contribution in [0, 0.1) is 12.8 Å². The zero-order chi connectivity index (χ0) is 25.6. The minimum atomic E-state index is -1.14. The molecule has 0 aliphatic carbocycles. The predicted octanol–water partition coefficient (Wildman–Crippen LogP) is 7.76. The maximum Gasteiger partial charge on any atom is 0.342 e. The second kappa shape index (κ2) is 9.00. The summed E-state index contributed by atoms with van der Waals surface area (Å²) in [7, 11) is 0. The highest BCUT2D eigenvalue weighted by Gasteiger charge is 2.56. The lowest BCUT2D eigenvalue weighted by Gasteiger charge is -2.37. The van der Waals surface area contributed by atoms with E-state index in [1.165, 1.54) is 0 Å². The van der Waals surface area contributed by atoms with E-state index >= 15 is 0 Å². The topological polar surface area (TPSA) is 59.6 Å². The molecule has 0 fully saturated rings. The van der Waals surface area contributed by atoms with Crippen LogP contribution in [0.15, 0.2) is 84.9 Å². The summed E-state index contributed by atoms with van der Waals surface area (Å²) < 4.78 is 12.8. The van der Waals surface area contributed by atoms with Gasteiger partial charge in [0.25, 0.3) is 0 Å². The summed E-state index contributed by atoms with van der Waals surface area (Å²) >= 11 is 0. The van der Waals surface area contributed by atoms with Crippen LogP contribution >= 0.6 is 0 Å². The Morgan fingerprint density at radius 1 is 0.865 bits per heavy atom. The van der Waals surface area contributed by atoms with Gasteiger partial charge in [0.2, 0.25) is 0 Å². The molecule has 186 valence electrons. The fourth-order valence-electron chi connectivity index (χ4n) is 5.42. The highest BCUT2D eigenvalue weighted by atomic mass is 16.6. The Morgan fingerprint density at radius 3 is 2.14 bits per heavy atom. The number of fused-ring (bicyclic) bond motifs is 6. The Bertz CT molecular complexity index is 1450. The second-order valence-electron chi connectivity index (χ2n) is 10.1. The number of aryl methyl sites for hydroxylation is 1. The largest absolute Gasteiger partial charge is 0.456 e. The highest BCUT2D eigenvalue weighted by molar-refractivity contribution is 6.05. The van der Waals surface area contributed by atoms with Crippen LogP contribution in [0.25, 0.3) is 0 Å². The van der Waals surface area contributed by atoms with Gasteiger partial charge in [-0.3, -0.25) is 0 Å². The number of nitrogens with one attached hydrogen (secondary N) is 2. The van der Waals surface area contributed by atoms with Crippen molar-refractivity contribution in [2.24, 2.45) is 5.92 Å². The maximum absolute atomic E-state index is 13.9. The molecule has 0 radical (unpaired) electrons. The number of benzene rings is 4. The highest BCUT2D eigenvalue weighted by Crippen LogP contribution is 2.59. The summed E-state index contributed by atoms with van der Waals surface area (Å²) in [6, 6.07) is 27.7. The first-order chi connectivity index (χ1) is 18.0. The average molecular weight is 491 g/mol. The van der Waals surface area contributed by atoms with E-state index in [9.17, 15) is 4.79 Å². The van der Waals surface area contributed by atoms with Crippen molar-refractivity contribution >= 4 is 23.0 Å². The molecule has 5 nitrogen and oxygen atoms in total. The quantitative estimate of drug-likeness (QED) is 0.270. The van der Waals surface area contributed by atoms with E-state index in [4.69, 9.17) is 9.47 Å². The molecule has 0 bridgehead atoms. The van der Waals surface area contributed by atoms with Crippen LogP contribution in [0.2, 0.25) is 0 Å². The van der Waals surface area contributed by atoms with E-state index in [0.717, 1.165) is 52.3 Å². The van der Waals surface area contributed by atoms with Gasteiger partial charge in [0, 0.05) is 34.6 Å². The van der Waals surface area contributed by atoms with Crippen LogP contribution in [0.5, 0.6) is 11.5 Å². The molecular weight excluding hydrogens is 460 g/mol. The lowest BCUT2D eigenvalue weighted by molar-refractivity contribution is 0.0226. The smallest absolute Gasteiger partial charge is 0.342 e. The van der Waals surface area contributed by atoms with E-state index in [0.29, 0.717) is 23.0 Å². The number of anilines is 3. The minimum Gasteiger partial charge on any atom is -0.456 e. The van der Waals surface area contributed by atoms with E-state index in [-0.39, 0.29) is 5.97 Å². The van der Waals surface area contributed by atoms with Crippen LogP contribution in [0.1, 0.15) is 52.9 Å². The Labute approximate surface area is 217 Å². The summed E-state index contributed by atoms with van der Waals surface area (Å²) in [6.45, 7) is 7.24. The van der Waals surface area contributed by atoms with Crippen LogP contribution in [0.3, 0.4) is 0 Å². The summed E-state index contributed by atoms with van der Waals surface area (Å²) in [4.78, 5) is 13.9. The van der Waals surface area contributed by atoms with Crippen molar-refractivity contribution in [1.82, 2.24) is 0 Å². The molecule has 0 saturated heterocycles. The number of hydrogen-bond donors (Lipinski definition) is 2. The SMILES string of the molecule is Cc1cc(NCCC(C)C)c2c(c1Nc1ccccc1)C1(OC2=O)c2ccccc2Oc2ccccc21. The van der Waals surface area contributed by atoms with Crippen molar-refractivity contribution in [3.8, 4) is 11.5 Å². The summed E-state index contributed by atoms with van der Waals surface area (Å²) in [5.41, 5.74) is 5.51. The zero-order valence-corrected chi connectivity index (χ0v) is 21.3. The summed E-state index contributed by atoms with van der Waals surface area (Å²) in [5.74, 6) is 1.57. The summed E-state index contributed by atoms with van der Waals surface area (Å²) in [6.07, 6.45) is 0.998. The van der Waals surface area contributed by atoms with E-state index in [2.05, 4.69) is 37.5 Å². The third kappa shape index (κ3) is 3.73. The Kier molecular flexibility index (Phi) is 5.64. The van der Waals surface area contributed by atoms with E-state index in [1.807, 2.05) is 78.9 Å². The molecule has 0 unspecified atom stereocenters. The molecule has 6 rings (SSSR count). The first-order valence-corrected chi connectivity index (χ1v) is 12.8. The fraction of sp³-hybridized carbons (Fsp3) is 0.219. The number of ether oxygens (including phenoxy) is 2. The van der Waals surface area contributed by atoms with E-state index in [1.54, 1.807) is 0 Å². The van der Waals surface area contributed by atoms with Gasteiger partial charge >= 0.3 is 5.97 Å². The van der Waals surface area contributed by atoms with Gasteiger partial charge in [-0.2, -0.15) is 0 Å². The predicted molar refractivity (Wildman–Crippen MR) is 147 cm³/mol. The molecule has 5 heteroatoms. The van der Waals surface area contributed by atoms with Crippen molar-refractivity contribution in [3.05, 3.63) is 113 Å². The van der Waals surface area contributed by atoms with E-state index < -0.39 is 5.60 Å². The van der Waals surface area contributed by atoms with Gasteiger partial charge in [-0.15, -0.1) is 0 Å².